The first-order chi connectivity index (χ1) is 11.5. The SMILES string of the molecule is CC(C)CCOc1ccc(NCCNc2ccc(F)c(Cl)c2)cc1. The van der Waals surface area contributed by atoms with Crippen LogP contribution in [-0.2, 0) is 0 Å². The highest BCUT2D eigenvalue weighted by Gasteiger charge is 2.00. The van der Waals surface area contributed by atoms with Gasteiger partial charge in [-0.2, -0.15) is 0 Å². The van der Waals surface area contributed by atoms with Crippen LogP contribution in [0.4, 0.5) is 15.8 Å². The van der Waals surface area contributed by atoms with Gasteiger partial charge in [0.25, 0.3) is 0 Å². The van der Waals surface area contributed by atoms with Crippen molar-refractivity contribution in [3.63, 3.8) is 0 Å². The lowest BCUT2D eigenvalue weighted by molar-refractivity contribution is 0.289. The zero-order chi connectivity index (χ0) is 17.4. The van der Waals surface area contributed by atoms with Crippen LogP contribution in [0.15, 0.2) is 42.5 Å². The fraction of sp³-hybridized carbons (Fsp3) is 0.368. The minimum Gasteiger partial charge on any atom is -0.494 e. The second-order valence-electron chi connectivity index (χ2n) is 6.04. The molecule has 24 heavy (non-hydrogen) atoms. The van der Waals surface area contributed by atoms with Crippen molar-refractivity contribution < 1.29 is 9.13 Å². The van der Waals surface area contributed by atoms with E-state index in [4.69, 9.17) is 16.3 Å². The molecule has 0 heterocycles. The van der Waals surface area contributed by atoms with E-state index in [1.807, 2.05) is 24.3 Å². The monoisotopic (exact) mass is 350 g/mol. The Kier molecular flexibility index (Phi) is 7.19. The summed E-state index contributed by atoms with van der Waals surface area (Å²) in [4.78, 5) is 0. The summed E-state index contributed by atoms with van der Waals surface area (Å²) in [6.07, 6.45) is 1.05. The predicted molar refractivity (Wildman–Crippen MR) is 99.8 cm³/mol. The number of anilines is 2. The van der Waals surface area contributed by atoms with E-state index in [1.54, 1.807) is 12.1 Å². The molecule has 0 unspecified atom stereocenters. The van der Waals surface area contributed by atoms with Gasteiger partial charge in [-0.1, -0.05) is 25.4 Å². The van der Waals surface area contributed by atoms with Crippen LogP contribution < -0.4 is 15.4 Å². The smallest absolute Gasteiger partial charge is 0.141 e. The molecule has 0 saturated heterocycles. The van der Waals surface area contributed by atoms with Gasteiger partial charge in [0, 0.05) is 24.5 Å². The lowest BCUT2D eigenvalue weighted by Gasteiger charge is -2.11. The first-order valence-corrected chi connectivity index (χ1v) is 8.58. The van der Waals surface area contributed by atoms with Crippen molar-refractivity contribution in [2.75, 3.05) is 30.3 Å². The first-order valence-electron chi connectivity index (χ1n) is 8.20. The Balaban J connectivity index is 1.69. The van der Waals surface area contributed by atoms with Crippen LogP contribution in [0.2, 0.25) is 5.02 Å². The molecule has 130 valence electrons. The van der Waals surface area contributed by atoms with Crippen molar-refractivity contribution in [2.45, 2.75) is 20.3 Å². The number of rotatable bonds is 9. The molecule has 0 spiro atoms. The minimum atomic E-state index is -0.406. The molecule has 0 aliphatic carbocycles. The molecule has 5 heteroatoms. The van der Waals surface area contributed by atoms with Crippen LogP contribution in [0, 0.1) is 11.7 Å². The summed E-state index contributed by atoms with van der Waals surface area (Å²) in [6.45, 7) is 6.56. The molecular weight excluding hydrogens is 327 g/mol. The molecule has 2 N–H and O–H groups in total. The third-order valence-corrected chi connectivity index (χ3v) is 3.81. The molecule has 0 saturated carbocycles. The molecular formula is C19H24ClFN2O. The number of nitrogens with one attached hydrogen (secondary N) is 2. The van der Waals surface area contributed by atoms with Crippen molar-refractivity contribution in [3.05, 3.63) is 53.3 Å². The van der Waals surface area contributed by atoms with Crippen LogP contribution in [0.1, 0.15) is 20.3 Å². The van der Waals surface area contributed by atoms with E-state index in [0.717, 1.165) is 36.7 Å². The molecule has 0 radical (unpaired) electrons. The Hall–Kier alpha value is -1.94. The van der Waals surface area contributed by atoms with Crippen molar-refractivity contribution >= 4 is 23.0 Å². The Morgan fingerprint density at radius 3 is 2.25 bits per heavy atom. The van der Waals surface area contributed by atoms with E-state index in [9.17, 15) is 4.39 Å². The maximum absolute atomic E-state index is 13.1. The number of ether oxygens (including phenoxy) is 1. The topological polar surface area (TPSA) is 33.3 Å². The number of benzene rings is 2. The van der Waals surface area contributed by atoms with Gasteiger partial charge in [0.15, 0.2) is 0 Å². The number of halogens is 2. The average Bonchev–Trinajstić information content (AvgIpc) is 2.56. The minimum absolute atomic E-state index is 0.126. The largest absolute Gasteiger partial charge is 0.494 e. The molecule has 0 bridgehead atoms. The van der Waals surface area contributed by atoms with E-state index < -0.39 is 5.82 Å². The van der Waals surface area contributed by atoms with Crippen molar-refractivity contribution in [1.29, 1.82) is 0 Å². The van der Waals surface area contributed by atoms with Crippen LogP contribution in [0.3, 0.4) is 0 Å². The van der Waals surface area contributed by atoms with E-state index in [0.29, 0.717) is 12.5 Å². The number of hydrogen-bond acceptors (Lipinski definition) is 3. The van der Waals surface area contributed by atoms with Gasteiger partial charge in [0.1, 0.15) is 11.6 Å². The van der Waals surface area contributed by atoms with Gasteiger partial charge >= 0.3 is 0 Å². The predicted octanol–water partition coefficient (Wildman–Crippen LogP) is 5.43. The summed E-state index contributed by atoms with van der Waals surface area (Å²) < 4.78 is 18.8. The van der Waals surface area contributed by atoms with E-state index in [-0.39, 0.29) is 5.02 Å². The standard InChI is InChI=1S/C19H24ClFN2O/c1-14(2)9-12-24-17-6-3-15(4-7-17)22-10-11-23-16-5-8-19(21)18(20)13-16/h3-8,13-14,22-23H,9-12H2,1-2H3. The second kappa shape index (κ2) is 9.38. The summed E-state index contributed by atoms with van der Waals surface area (Å²) in [5, 5.41) is 6.64. The maximum Gasteiger partial charge on any atom is 0.141 e. The van der Waals surface area contributed by atoms with Crippen molar-refractivity contribution in [3.8, 4) is 5.75 Å². The third-order valence-electron chi connectivity index (χ3n) is 3.52. The lowest BCUT2D eigenvalue weighted by Crippen LogP contribution is -2.13. The number of hydrogen-bond donors (Lipinski definition) is 2. The Morgan fingerprint density at radius 2 is 1.62 bits per heavy atom. The molecule has 0 aliphatic heterocycles. The zero-order valence-corrected chi connectivity index (χ0v) is 14.9. The van der Waals surface area contributed by atoms with Gasteiger partial charge in [0.05, 0.1) is 11.6 Å². The molecule has 2 aromatic carbocycles. The van der Waals surface area contributed by atoms with E-state index >= 15 is 0 Å². The highest BCUT2D eigenvalue weighted by Crippen LogP contribution is 2.19. The van der Waals surface area contributed by atoms with Gasteiger partial charge in [-0.3, -0.25) is 0 Å². The van der Waals surface area contributed by atoms with Crippen LogP contribution in [0.5, 0.6) is 5.75 Å². The first kappa shape index (κ1) is 18.4. The van der Waals surface area contributed by atoms with Crippen LogP contribution >= 0.6 is 11.6 Å². The summed E-state index contributed by atoms with van der Waals surface area (Å²) in [5.74, 6) is 1.13. The molecule has 0 aliphatic rings. The molecule has 0 amide bonds. The highest BCUT2D eigenvalue weighted by molar-refractivity contribution is 6.31. The van der Waals surface area contributed by atoms with Gasteiger partial charge in [-0.25, -0.2) is 4.39 Å². The van der Waals surface area contributed by atoms with E-state index in [2.05, 4.69) is 24.5 Å². The molecule has 2 aromatic rings. The van der Waals surface area contributed by atoms with E-state index in [1.165, 1.54) is 6.07 Å². The van der Waals surface area contributed by atoms with Crippen molar-refractivity contribution in [1.82, 2.24) is 0 Å². The molecule has 0 aromatic heterocycles. The third kappa shape index (κ3) is 6.28. The molecule has 0 fully saturated rings. The Morgan fingerprint density at radius 1 is 1.00 bits per heavy atom. The van der Waals surface area contributed by atoms with Gasteiger partial charge < -0.3 is 15.4 Å². The van der Waals surface area contributed by atoms with Crippen LogP contribution in [-0.4, -0.2) is 19.7 Å². The summed E-state index contributed by atoms with van der Waals surface area (Å²) in [7, 11) is 0. The lowest BCUT2D eigenvalue weighted by atomic mass is 10.1. The summed E-state index contributed by atoms with van der Waals surface area (Å²) >= 11 is 5.75. The Labute approximate surface area is 148 Å². The molecule has 2 rings (SSSR count). The zero-order valence-electron chi connectivity index (χ0n) is 14.1. The van der Waals surface area contributed by atoms with Crippen LogP contribution in [0.25, 0.3) is 0 Å². The summed E-state index contributed by atoms with van der Waals surface area (Å²) in [6, 6.07) is 12.5. The maximum atomic E-state index is 13.1. The molecule has 3 nitrogen and oxygen atoms in total. The van der Waals surface area contributed by atoms with Gasteiger partial charge in [-0.05, 0) is 54.8 Å². The summed E-state index contributed by atoms with van der Waals surface area (Å²) in [5.41, 5.74) is 1.84. The van der Waals surface area contributed by atoms with Gasteiger partial charge in [0.2, 0.25) is 0 Å². The highest BCUT2D eigenvalue weighted by atomic mass is 35.5. The molecule has 0 atom stereocenters. The fourth-order valence-electron chi connectivity index (χ4n) is 2.10. The quantitative estimate of drug-likeness (QED) is 0.592. The van der Waals surface area contributed by atoms with Crippen molar-refractivity contribution in [2.24, 2.45) is 5.92 Å². The fourth-order valence-corrected chi connectivity index (χ4v) is 2.28. The Bertz CT molecular complexity index is 632. The average molecular weight is 351 g/mol. The second-order valence-corrected chi connectivity index (χ2v) is 6.45. The van der Waals surface area contributed by atoms with Gasteiger partial charge in [-0.15, -0.1) is 0 Å². The normalized spacial score (nSPS) is 10.7.